The van der Waals surface area contributed by atoms with Crippen molar-refractivity contribution in [2.45, 2.75) is 38.8 Å². The van der Waals surface area contributed by atoms with Gasteiger partial charge in [0.15, 0.2) is 0 Å². The number of hydrogen-bond acceptors (Lipinski definition) is 3. The van der Waals surface area contributed by atoms with Crippen LogP contribution in [-0.4, -0.2) is 49.1 Å². The molecule has 2 atom stereocenters. The molecule has 1 aliphatic rings. The molecule has 5 heteroatoms. The zero-order valence-electron chi connectivity index (χ0n) is 17.8. The molecule has 2 aromatic carbocycles. The van der Waals surface area contributed by atoms with Crippen LogP contribution in [0, 0.1) is 0 Å². The summed E-state index contributed by atoms with van der Waals surface area (Å²) in [6.45, 7) is 7.64. The molecule has 1 aliphatic heterocycles. The molecule has 1 N–H and O–H groups in total. The van der Waals surface area contributed by atoms with Gasteiger partial charge in [-0.1, -0.05) is 56.3 Å². The average Bonchev–Trinajstić information content (AvgIpc) is 3.27. The monoisotopic (exact) mass is 395 g/mol. The number of nitrogens with one attached hydrogen (secondary N) is 1. The number of urea groups is 1. The van der Waals surface area contributed by atoms with Crippen LogP contribution in [0.5, 0.6) is 5.75 Å². The summed E-state index contributed by atoms with van der Waals surface area (Å²) in [6, 6.07) is 18.8. The van der Waals surface area contributed by atoms with Crippen LogP contribution in [0.1, 0.15) is 49.9 Å². The smallest absolute Gasteiger partial charge is 0.317 e. The summed E-state index contributed by atoms with van der Waals surface area (Å²) in [5.41, 5.74) is 2.41. The molecule has 0 aromatic heterocycles. The van der Waals surface area contributed by atoms with Gasteiger partial charge in [0.25, 0.3) is 0 Å². The van der Waals surface area contributed by atoms with E-state index >= 15 is 0 Å². The van der Waals surface area contributed by atoms with Gasteiger partial charge in [-0.05, 0) is 49.2 Å². The lowest BCUT2D eigenvalue weighted by atomic mass is 10.0. The maximum absolute atomic E-state index is 13.1. The van der Waals surface area contributed by atoms with Gasteiger partial charge < -0.3 is 15.0 Å². The second-order valence-electron chi connectivity index (χ2n) is 7.46. The third kappa shape index (κ3) is 5.10. The zero-order valence-corrected chi connectivity index (χ0v) is 17.8. The van der Waals surface area contributed by atoms with Gasteiger partial charge in [0.1, 0.15) is 5.75 Å². The van der Waals surface area contributed by atoms with Crippen molar-refractivity contribution >= 4 is 6.03 Å². The predicted molar refractivity (Wildman–Crippen MR) is 117 cm³/mol. The minimum atomic E-state index is 0.0244. The summed E-state index contributed by atoms with van der Waals surface area (Å²) >= 11 is 0. The first-order valence-electron chi connectivity index (χ1n) is 10.6. The van der Waals surface area contributed by atoms with Gasteiger partial charge in [-0.3, -0.25) is 4.90 Å². The minimum Gasteiger partial charge on any atom is -0.497 e. The van der Waals surface area contributed by atoms with E-state index in [4.69, 9.17) is 4.74 Å². The second kappa shape index (κ2) is 10.3. The lowest BCUT2D eigenvalue weighted by molar-refractivity contribution is 0.179. The van der Waals surface area contributed by atoms with Crippen LogP contribution < -0.4 is 10.1 Å². The Morgan fingerprint density at radius 3 is 2.45 bits per heavy atom. The van der Waals surface area contributed by atoms with Gasteiger partial charge in [-0.2, -0.15) is 0 Å². The summed E-state index contributed by atoms with van der Waals surface area (Å²) in [5.74, 6) is 0.840. The van der Waals surface area contributed by atoms with Crippen LogP contribution in [0.25, 0.3) is 0 Å². The third-order valence-corrected chi connectivity index (χ3v) is 5.90. The summed E-state index contributed by atoms with van der Waals surface area (Å²) in [6.07, 6.45) is 2.03. The Morgan fingerprint density at radius 1 is 1.14 bits per heavy atom. The fourth-order valence-corrected chi connectivity index (χ4v) is 4.27. The van der Waals surface area contributed by atoms with E-state index < -0.39 is 0 Å². The highest BCUT2D eigenvalue weighted by Gasteiger charge is 2.30. The molecule has 1 heterocycles. The zero-order chi connectivity index (χ0) is 20.6. The first kappa shape index (κ1) is 21.2. The van der Waals surface area contributed by atoms with E-state index in [0.29, 0.717) is 6.54 Å². The largest absolute Gasteiger partial charge is 0.497 e. The quantitative estimate of drug-likeness (QED) is 0.709. The van der Waals surface area contributed by atoms with Crippen LogP contribution in [0.4, 0.5) is 4.79 Å². The number of ether oxygens (including phenoxy) is 1. The number of methoxy groups -OCH3 is 1. The number of hydrogen-bond donors (Lipinski definition) is 1. The molecule has 2 unspecified atom stereocenters. The van der Waals surface area contributed by atoms with Crippen molar-refractivity contribution < 1.29 is 9.53 Å². The lowest BCUT2D eigenvalue weighted by Gasteiger charge is -2.32. The van der Waals surface area contributed by atoms with Crippen molar-refractivity contribution in [1.29, 1.82) is 0 Å². The van der Waals surface area contributed by atoms with E-state index in [0.717, 1.165) is 38.2 Å². The molecule has 2 amide bonds. The molecule has 29 heavy (non-hydrogen) atoms. The highest BCUT2D eigenvalue weighted by Crippen LogP contribution is 2.32. The Balaban J connectivity index is 1.68. The lowest BCUT2D eigenvalue weighted by Crippen LogP contribution is -2.44. The molecular formula is C24H33N3O2. The standard InChI is InChI=1S/C24H33N3O2/c1-4-26(5-2)23(19-10-7-6-8-11-19)18-25-24(28)27-17-9-12-22(27)20-13-15-21(29-3)16-14-20/h6-8,10-11,13-16,22-23H,4-5,9,12,17-18H2,1-3H3,(H,25,28). The molecule has 3 rings (SSSR count). The summed E-state index contributed by atoms with van der Waals surface area (Å²) in [7, 11) is 1.67. The van der Waals surface area contributed by atoms with Crippen LogP contribution in [0.3, 0.4) is 0 Å². The first-order chi connectivity index (χ1) is 14.2. The van der Waals surface area contributed by atoms with Crippen LogP contribution in [0.15, 0.2) is 54.6 Å². The molecule has 2 aromatic rings. The van der Waals surface area contributed by atoms with E-state index in [9.17, 15) is 4.79 Å². The van der Waals surface area contributed by atoms with Crippen molar-refractivity contribution in [2.24, 2.45) is 0 Å². The Labute approximate surface area is 174 Å². The van der Waals surface area contributed by atoms with E-state index in [1.807, 2.05) is 23.1 Å². The highest BCUT2D eigenvalue weighted by molar-refractivity contribution is 5.75. The number of amides is 2. The maximum atomic E-state index is 13.1. The number of carbonyl (C=O) groups is 1. The summed E-state index contributed by atoms with van der Waals surface area (Å²) < 4.78 is 5.26. The molecule has 1 fully saturated rings. The summed E-state index contributed by atoms with van der Waals surface area (Å²) in [5, 5.41) is 3.22. The Morgan fingerprint density at radius 2 is 1.83 bits per heavy atom. The van der Waals surface area contributed by atoms with E-state index in [1.165, 1.54) is 11.1 Å². The van der Waals surface area contributed by atoms with Crippen molar-refractivity contribution in [3.8, 4) is 5.75 Å². The van der Waals surface area contributed by atoms with E-state index in [2.05, 4.69) is 60.5 Å². The van der Waals surface area contributed by atoms with Gasteiger partial charge >= 0.3 is 6.03 Å². The van der Waals surface area contributed by atoms with Crippen LogP contribution >= 0.6 is 0 Å². The maximum Gasteiger partial charge on any atom is 0.317 e. The molecule has 0 saturated carbocycles. The fourth-order valence-electron chi connectivity index (χ4n) is 4.27. The van der Waals surface area contributed by atoms with Gasteiger partial charge in [0.05, 0.1) is 19.2 Å². The second-order valence-corrected chi connectivity index (χ2v) is 7.46. The minimum absolute atomic E-state index is 0.0244. The topological polar surface area (TPSA) is 44.8 Å². The van der Waals surface area contributed by atoms with Gasteiger partial charge in [-0.15, -0.1) is 0 Å². The van der Waals surface area contributed by atoms with Gasteiger partial charge in [-0.25, -0.2) is 4.79 Å². The van der Waals surface area contributed by atoms with Crippen molar-refractivity contribution in [2.75, 3.05) is 33.3 Å². The number of rotatable bonds is 8. The molecule has 0 bridgehead atoms. The van der Waals surface area contributed by atoms with Gasteiger partial charge in [0.2, 0.25) is 0 Å². The number of carbonyl (C=O) groups excluding carboxylic acids is 1. The molecule has 1 saturated heterocycles. The number of benzene rings is 2. The average molecular weight is 396 g/mol. The highest BCUT2D eigenvalue weighted by atomic mass is 16.5. The van der Waals surface area contributed by atoms with Crippen LogP contribution in [-0.2, 0) is 0 Å². The Hall–Kier alpha value is -2.53. The predicted octanol–water partition coefficient (Wildman–Crippen LogP) is 4.62. The molecule has 0 aliphatic carbocycles. The SMILES string of the molecule is CCN(CC)C(CNC(=O)N1CCCC1c1ccc(OC)cc1)c1ccccc1. The van der Waals surface area contributed by atoms with Crippen LogP contribution in [0.2, 0.25) is 0 Å². The van der Waals surface area contributed by atoms with E-state index in [1.54, 1.807) is 7.11 Å². The van der Waals surface area contributed by atoms with Crippen molar-refractivity contribution in [1.82, 2.24) is 15.1 Å². The van der Waals surface area contributed by atoms with Crippen molar-refractivity contribution in [3.05, 3.63) is 65.7 Å². The van der Waals surface area contributed by atoms with Crippen molar-refractivity contribution in [3.63, 3.8) is 0 Å². The summed E-state index contributed by atoms with van der Waals surface area (Å²) in [4.78, 5) is 17.4. The molecular weight excluding hydrogens is 362 g/mol. The Kier molecular flexibility index (Phi) is 7.53. The fraction of sp³-hybridized carbons (Fsp3) is 0.458. The third-order valence-electron chi connectivity index (χ3n) is 5.90. The number of likely N-dealkylation sites (tertiary alicyclic amines) is 1. The molecule has 156 valence electrons. The first-order valence-corrected chi connectivity index (χ1v) is 10.6. The normalized spacial score (nSPS) is 17.4. The molecule has 0 radical (unpaired) electrons. The Bertz CT molecular complexity index is 759. The van der Waals surface area contributed by atoms with Gasteiger partial charge in [0, 0.05) is 13.1 Å². The van der Waals surface area contributed by atoms with E-state index in [-0.39, 0.29) is 18.1 Å². The number of likely N-dealkylation sites (N-methyl/N-ethyl adjacent to an activating group) is 1. The molecule has 5 nitrogen and oxygen atoms in total. The molecule has 0 spiro atoms. The number of nitrogens with zero attached hydrogens (tertiary/aromatic N) is 2.